The highest BCUT2D eigenvalue weighted by atomic mass is 32.2. The van der Waals surface area contributed by atoms with Crippen LogP contribution in [0.1, 0.15) is 12.8 Å². The Morgan fingerprint density at radius 3 is 2.76 bits per heavy atom. The van der Waals surface area contributed by atoms with E-state index in [0.717, 1.165) is 12.8 Å². The Balaban J connectivity index is 2.87. The molecule has 0 amide bonds. The number of nitrogen functional groups attached to an aromatic ring is 1. The van der Waals surface area contributed by atoms with E-state index in [2.05, 4.69) is 11.7 Å². The van der Waals surface area contributed by atoms with E-state index in [4.69, 9.17) is 5.73 Å². The third-order valence-corrected chi connectivity index (χ3v) is 4.27. The number of nitrogens with zero attached hydrogens (tertiary/aromatic N) is 3. The molecule has 0 aromatic carbocycles. The van der Waals surface area contributed by atoms with E-state index in [1.807, 2.05) is 0 Å². The fourth-order valence-corrected chi connectivity index (χ4v) is 2.73. The second-order valence-electron chi connectivity index (χ2n) is 3.81. The second kappa shape index (κ2) is 5.33. The summed E-state index contributed by atoms with van der Waals surface area (Å²) in [6.45, 7) is 4.03. The van der Waals surface area contributed by atoms with Crippen LogP contribution in [0.4, 0.5) is 5.82 Å². The molecule has 2 N–H and O–H groups in total. The van der Waals surface area contributed by atoms with Crippen molar-refractivity contribution in [1.82, 2.24) is 14.1 Å². The topological polar surface area (TPSA) is 81.2 Å². The molecule has 0 aliphatic heterocycles. The summed E-state index contributed by atoms with van der Waals surface area (Å²) in [7, 11) is -0.374. The predicted molar refractivity (Wildman–Crippen MR) is 66.9 cm³/mol. The van der Waals surface area contributed by atoms with Crippen molar-refractivity contribution in [2.75, 3.05) is 19.3 Å². The van der Waals surface area contributed by atoms with Gasteiger partial charge in [-0.1, -0.05) is 6.08 Å². The summed E-state index contributed by atoms with van der Waals surface area (Å²) < 4.78 is 26.9. The Morgan fingerprint density at radius 1 is 1.65 bits per heavy atom. The minimum Gasteiger partial charge on any atom is -0.381 e. The van der Waals surface area contributed by atoms with E-state index in [-0.39, 0.29) is 10.7 Å². The van der Waals surface area contributed by atoms with Crippen molar-refractivity contribution in [3.8, 4) is 0 Å². The van der Waals surface area contributed by atoms with E-state index >= 15 is 0 Å². The number of anilines is 1. The third kappa shape index (κ3) is 3.07. The molecule has 0 aliphatic carbocycles. The second-order valence-corrected chi connectivity index (χ2v) is 5.82. The minimum absolute atomic E-state index is 0.0306. The van der Waals surface area contributed by atoms with Crippen LogP contribution in [0.2, 0.25) is 0 Å². The molecule has 0 spiro atoms. The van der Waals surface area contributed by atoms with Gasteiger partial charge in [-0.15, -0.1) is 6.58 Å². The first kappa shape index (κ1) is 13.7. The molecule has 1 heterocycles. The van der Waals surface area contributed by atoms with Gasteiger partial charge in [0.15, 0.2) is 5.82 Å². The van der Waals surface area contributed by atoms with Gasteiger partial charge >= 0.3 is 0 Å². The Hall–Kier alpha value is -1.34. The fraction of sp³-hybridized carbons (Fsp3) is 0.500. The lowest BCUT2D eigenvalue weighted by Crippen LogP contribution is -2.28. The average Bonchev–Trinajstić information content (AvgIpc) is 2.58. The van der Waals surface area contributed by atoms with Crippen LogP contribution in [0.25, 0.3) is 0 Å². The summed E-state index contributed by atoms with van der Waals surface area (Å²) in [6, 6.07) is 0. The summed E-state index contributed by atoms with van der Waals surface area (Å²) in [4.78, 5) is 0.0566. The normalized spacial score (nSPS) is 11.9. The number of sulfonamides is 1. The van der Waals surface area contributed by atoms with Crippen molar-refractivity contribution in [2.24, 2.45) is 7.05 Å². The highest BCUT2D eigenvalue weighted by Crippen LogP contribution is 2.19. The van der Waals surface area contributed by atoms with Gasteiger partial charge in [0, 0.05) is 26.8 Å². The van der Waals surface area contributed by atoms with Gasteiger partial charge in [0.2, 0.25) is 10.0 Å². The number of allylic oxidation sites excluding steroid dienone is 1. The molecule has 1 aromatic heterocycles. The van der Waals surface area contributed by atoms with Crippen molar-refractivity contribution in [3.63, 3.8) is 0 Å². The zero-order valence-corrected chi connectivity index (χ0v) is 10.9. The third-order valence-electron chi connectivity index (χ3n) is 2.39. The highest BCUT2D eigenvalue weighted by Gasteiger charge is 2.25. The van der Waals surface area contributed by atoms with Gasteiger partial charge in [-0.05, 0) is 12.8 Å². The van der Waals surface area contributed by atoms with E-state index < -0.39 is 10.0 Å². The van der Waals surface area contributed by atoms with Gasteiger partial charge in [0.25, 0.3) is 0 Å². The van der Waals surface area contributed by atoms with Gasteiger partial charge < -0.3 is 5.73 Å². The molecule has 0 radical (unpaired) electrons. The fourth-order valence-electron chi connectivity index (χ4n) is 1.43. The number of hydrogen-bond acceptors (Lipinski definition) is 4. The van der Waals surface area contributed by atoms with Crippen LogP contribution >= 0.6 is 0 Å². The molecule has 0 saturated heterocycles. The van der Waals surface area contributed by atoms with Gasteiger partial charge in [-0.25, -0.2) is 12.7 Å². The average molecular weight is 258 g/mol. The maximum absolute atomic E-state index is 12.1. The zero-order chi connectivity index (χ0) is 13.1. The minimum atomic E-state index is -3.54. The molecule has 0 aliphatic rings. The molecule has 0 atom stereocenters. The Morgan fingerprint density at radius 2 is 2.29 bits per heavy atom. The Labute approximate surface area is 102 Å². The summed E-state index contributed by atoms with van der Waals surface area (Å²) >= 11 is 0. The summed E-state index contributed by atoms with van der Waals surface area (Å²) in [5.41, 5.74) is 5.57. The molecule has 0 bridgehead atoms. The molecule has 7 heteroatoms. The van der Waals surface area contributed by atoms with Crippen LogP contribution < -0.4 is 5.73 Å². The maximum atomic E-state index is 12.1. The lowest BCUT2D eigenvalue weighted by atomic mass is 10.3. The molecule has 17 heavy (non-hydrogen) atoms. The number of hydrogen-bond donors (Lipinski definition) is 1. The van der Waals surface area contributed by atoms with Gasteiger partial charge in [-0.3, -0.25) is 4.68 Å². The standard InChI is InChI=1S/C10H18N4O2S/c1-4-5-6-7-14(3)17(15,16)9-8-13(2)12-10(9)11/h4,8H,1,5-7H2,2-3H3,(H2,11,12). The number of aryl methyl sites for hydroxylation is 1. The molecule has 1 aromatic rings. The van der Waals surface area contributed by atoms with E-state index in [1.165, 1.54) is 22.2 Å². The first-order valence-corrected chi connectivity index (χ1v) is 6.70. The quantitative estimate of drug-likeness (QED) is 0.598. The SMILES string of the molecule is C=CCCCN(C)S(=O)(=O)c1cn(C)nc1N. The summed E-state index contributed by atoms with van der Waals surface area (Å²) in [6.07, 6.45) is 4.69. The number of unbranched alkanes of at least 4 members (excludes halogenated alkanes) is 1. The zero-order valence-electron chi connectivity index (χ0n) is 10.1. The van der Waals surface area contributed by atoms with Crippen LogP contribution in [-0.4, -0.2) is 36.1 Å². The van der Waals surface area contributed by atoms with Crippen molar-refractivity contribution < 1.29 is 8.42 Å². The number of rotatable bonds is 6. The predicted octanol–water partition coefficient (Wildman–Crippen LogP) is 0.589. The molecule has 6 nitrogen and oxygen atoms in total. The van der Waals surface area contributed by atoms with E-state index in [9.17, 15) is 8.42 Å². The van der Waals surface area contributed by atoms with Crippen molar-refractivity contribution >= 4 is 15.8 Å². The molecular weight excluding hydrogens is 240 g/mol. The van der Waals surface area contributed by atoms with Crippen LogP contribution in [0.5, 0.6) is 0 Å². The van der Waals surface area contributed by atoms with Gasteiger partial charge in [-0.2, -0.15) is 5.10 Å². The van der Waals surface area contributed by atoms with Crippen molar-refractivity contribution in [3.05, 3.63) is 18.9 Å². The monoisotopic (exact) mass is 258 g/mol. The summed E-state index contributed by atoms with van der Waals surface area (Å²) in [5.74, 6) is 0.0306. The Kier molecular flexibility index (Phi) is 4.30. The number of aromatic nitrogens is 2. The van der Waals surface area contributed by atoms with Crippen molar-refractivity contribution in [1.29, 1.82) is 0 Å². The molecule has 0 saturated carbocycles. The van der Waals surface area contributed by atoms with E-state index in [0.29, 0.717) is 6.54 Å². The lowest BCUT2D eigenvalue weighted by molar-refractivity contribution is 0.463. The molecule has 96 valence electrons. The van der Waals surface area contributed by atoms with Crippen LogP contribution in [0.15, 0.2) is 23.7 Å². The van der Waals surface area contributed by atoms with Gasteiger partial charge in [0.1, 0.15) is 4.90 Å². The molecule has 1 rings (SSSR count). The van der Waals surface area contributed by atoms with Crippen LogP contribution in [0, 0.1) is 0 Å². The van der Waals surface area contributed by atoms with Crippen LogP contribution in [0.3, 0.4) is 0 Å². The smallest absolute Gasteiger partial charge is 0.248 e. The molecular formula is C10H18N4O2S. The maximum Gasteiger partial charge on any atom is 0.248 e. The van der Waals surface area contributed by atoms with Crippen LogP contribution in [-0.2, 0) is 17.1 Å². The first-order valence-electron chi connectivity index (χ1n) is 5.26. The summed E-state index contributed by atoms with van der Waals surface area (Å²) in [5, 5.41) is 3.83. The van der Waals surface area contributed by atoms with E-state index in [1.54, 1.807) is 13.1 Å². The largest absolute Gasteiger partial charge is 0.381 e. The van der Waals surface area contributed by atoms with Crippen molar-refractivity contribution in [2.45, 2.75) is 17.7 Å². The van der Waals surface area contributed by atoms with Gasteiger partial charge in [0.05, 0.1) is 0 Å². The number of nitrogens with two attached hydrogens (primary N) is 1. The highest BCUT2D eigenvalue weighted by molar-refractivity contribution is 7.89. The Bertz CT molecular complexity index is 492. The first-order chi connectivity index (χ1) is 7.89. The molecule has 0 fully saturated rings. The lowest BCUT2D eigenvalue weighted by Gasteiger charge is -2.15. The molecule has 0 unspecified atom stereocenters.